The Kier molecular flexibility index (Phi) is 5.65. The van der Waals surface area contributed by atoms with Crippen LogP contribution in [0.1, 0.15) is 47.8 Å². The lowest BCUT2D eigenvalue weighted by Crippen LogP contribution is -2.10. The third kappa shape index (κ3) is 4.43. The molecule has 30 heavy (non-hydrogen) atoms. The number of anilines is 2. The number of aromatic nitrogens is 4. The summed E-state index contributed by atoms with van der Waals surface area (Å²) in [5, 5.41) is 20.5. The SMILES string of the molecule is Cc1cc(C)cc(CNc2cc(NCc3ccccc3)c3nnc(C(C)C)n3n2)c1. The largest absolute Gasteiger partial charge is 0.378 e. The molecule has 0 amide bonds. The molecule has 0 fully saturated rings. The average molecular weight is 401 g/mol. The topological polar surface area (TPSA) is 67.1 Å². The van der Waals surface area contributed by atoms with Crippen molar-refractivity contribution < 1.29 is 0 Å². The summed E-state index contributed by atoms with van der Waals surface area (Å²) >= 11 is 0. The lowest BCUT2D eigenvalue weighted by Gasteiger charge is -2.13. The number of benzene rings is 2. The first-order valence-corrected chi connectivity index (χ1v) is 10.3. The summed E-state index contributed by atoms with van der Waals surface area (Å²) in [5.74, 6) is 1.87. The van der Waals surface area contributed by atoms with Gasteiger partial charge in [0.25, 0.3) is 0 Å². The van der Waals surface area contributed by atoms with Gasteiger partial charge in [0.05, 0.1) is 5.69 Å². The van der Waals surface area contributed by atoms with E-state index >= 15 is 0 Å². The van der Waals surface area contributed by atoms with E-state index in [1.165, 1.54) is 22.3 Å². The second-order valence-corrected chi connectivity index (χ2v) is 8.08. The third-order valence-corrected chi connectivity index (χ3v) is 4.99. The van der Waals surface area contributed by atoms with Gasteiger partial charge in [-0.05, 0) is 25.0 Å². The van der Waals surface area contributed by atoms with Crippen molar-refractivity contribution in [3.63, 3.8) is 0 Å². The third-order valence-electron chi connectivity index (χ3n) is 4.99. The van der Waals surface area contributed by atoms with Gasteiger partial charge < -0.3 is 10.6 Å². The van der Waals surface area contributed by atoms with Gasteiger partial charge in [0.2, 0.25) is 5.65 Å². The second-order valence-electron chi connectivity index (χ2n) is 8.08. The van der Waals surface area contributed by atoms with E-state index < -0.39 is 0 Å². The number of fused-ring (bicyclic) bond motifs is 1. The molecule has 4 rings (SSSR count). The van der Waals surface area contributed by atoms with Crippen molar-refractivity contribution in [3.05, 3.63) is 82.7 Å². The van der Waals surface area contributed by atoms with Gasteiger partial charge in [0.1, 0.15) is 5.82 Å². The normalized spacial score (nSPS) is 11.2. The van der Waals surface area contributed by atoms with E-state index in [0.717, 1.165) is 23.0 Å². The van der Waals surface area contributed by atoms with Crippen LogP contribution in [0, 0.1) is 13.8 Å². The number of nitrogens with one attached hydrogen (secondary N) is 2. The number of hydrogen-bond donors (Lipinski definition) is 2. The van der Waals surface area contributed by atoms with Gasteiger partial charge in [-0.2, -0.15) is 4.52 Å². The number of nitrogens with zero attached hydrogens (tertiary/aromatic N) is 4. The Labute approximate surface area is 177 Å². The molecule has 0 spiro atoms. The summed E-state index contributed by atoms with van der Waals surface area (Å²) in [5.41, 5.74) is 6.63. The molecule has 0 atom stereocenters. The molecular weight excluding hydrogens is 372 g/mol. The number of hydrogen-bond acceptors (Lipinski definition) is 5. The molecule has 0 saturated carbocycles. The van der Waals surface area contributed by atoms with E-state index in [0.29, 0.717) is 13.1 Å². The van der Waals surface area contributed by atoms with Crippen LogP contribution >= 0.6 is 0 Å². The maximum atomic E-state index is 4.77. The summed E-state index contributed by atoms with van der Waals surface area (Å²) in [4.78, 5) is 0. The average Bonchev–Trinajstić information content (AvgIpc) is 3.15. The molecule has 0 aliphatic carbocycles. The summed E-state index contributed by atoms with van der Waals surface area (Å²) < 4.78 is 1.85. The number of rotatable bonds is 7. The van der Waals surface area contributed by atoms with Crippen LogP contribution in [0.25, 0.3) is 5.65 Å². The van der Waals surface area contributed by atoms with Crippen LogP contribution < -0.4 is 10.6 Å². The molecule has 0 aliphatic heterocycles. The molecule has 0 saturated heterocycles. The van der Waals surface area contributed by atoms with Crippen LogP contribution in [0.3, 0.4) is 0 Å². The molecule has 0 unspecified atom stereocenters. The molecule has 154 valence electrons. The molecular formula is C24H28N6. The van der Waals surface area contributed by atoms with Crippen molar-refractivity contribution in [2.24, 2.45) is 0 Å². The van der Waals surface area contributed by atoms with Crippen molar-refractivity contribution in [2.45, 2.75) is 46.7 Å². The Hall–Kier alpha value is -3.41. The highest BCUT2D eigenvalue weighted by Crippen LogP contribution is 2.23. The molecule has 2 aromatic carbocycles. The van der Waals surface area contributed by atoms with Gasteiger partial charge in [-0.1, -0.05) is 73.5 Å². The molecule has 0 radical (unpaired) electrons. The highest BCUT2D eigenvalue weighted by Gasteiger charge is 2.15. The Balaban J connectivity index is 1.63. The van der Waals surface area contributed by atoms with Gasteiger partial charge in [-0.25, -0.2) is 0 Å². The first kappa shape index (κ1) is 19.9. The predicted molar refractivity (Wildman–Crippen MR) is 122 cm³/mol. The van der Waals surface area contributed by atoms with E-state index in [-0.39, 0.29) is 5.92 Å². The van der Waals surface area contributed by atoms with Crippen LogP contribution in [0.2, 0.25) is 0 Å². The van der Waals surface area contributed by atoms with Crippen molar-refractivity contribution in [2.75, 3.05) is 10.6 Å². The first-order chi connectivity index (χ1) is 14.5. The monoisotopic (exact) mass is 400 g/mol. The zero-order valence-corrected chi connectivity index (χ0v) is 18.0. The van der Waals surface area contributed by atoms with E-state index in [9.17, 15) is 0 Å². The van der Waals surface area contributed by atoms with Crippen molar-refractivity contribution in [3.8, 4) is 0 Å². The van der Waals surface area contributed by atoms with Gasteiger partial charge in [-0.3, -0.25) is 0 Å². The van der Waals surface area contributed by atoms with E-state index in [4.69, 9.17) is 5.10 Å². The molecule has 4 aromatic rings. The molecule has 6 nitrogen and oxygen atoms in total. The smallest absolute Gasteiger partial charge is 0.201 e. The highest BCUT2D eigenvalue weighted by molar-refractivity contribution is 5.70. The summed E-state index contributed by atoms with van der Waals surface area (Å²) in [6, 6.07) is 18.9. The van der Waals surface area contributed by atoms with Crippen LogP contribution in [0.5, 0.6) is 0 Å². The second kappa shape index (κ2) is 8.53. The van der Waals surface area contributed by atoms with Crippen LogP contribution in [0.15, 0.2) is 54.6 Å². The minimum atomic E-state index is 0.226. The Morgan fingerprint density at radius 3 is 2.23 bits per heavy atom. The van der Waals surface area contributed by atoms with E-state index in [1.54, 1.807) is 0 Å². The summed E-state index contributed by atoms with van der Waals surface area (Å²) in [6.45, 7) is 9.87. The quantitative estimate of drug-likeness (QED) is 0.452. The van der Waals surface area contributed by atoms with Crippen LogP contribution in [-0.4, -0.2) is 19.8 Å². The van der Waals surface area contributed by atoms with Crippen LogP contribution in [0.4, 0.5) is 11.5 Å². The lowest BCUT2D eigenvalue weighted by molar-refractivity contribution is 0.721. The summed E-state index contributed by atoms with van der Waals surface area (Å²) in [7, 11) is 0. The van der Waals surface area contributed by atoms with Gasteiger partial charge >= 0.3 is 0 Å². The zero-order chi connectivity index (χ0) is 21.1. The lowest BCUT2D eigenvalue weighted by atomic mass is 10.1. The minimum Gasteiger partial charge on any atom is -0.378 e. The predicted octanol–water partition coefficient (Wildman–Crippen LogP) is 5.09. The van der Waals surface area contributed by atoms with Crippen LogP contribution in [-0.2, 0) is 13.1 Å². The van der Waals surface area contributed by atoms with Crippen molar-refractivity contribution >= 4 is 17.2 Å². The minimum absolute atomic E-state index is 0.226. The Morgan fingerprint density at radius 1 is 0.833 bits per heavy atom. The Bertz CT molecular complexity index is 1130. The van der Waals surface area contributed by atoms with E-state index in [2.05, 4.69) is 78.9 Å². The zero-order valence-electron chi connectivity index (χ0n) is 18.0. The fourth-order valence-corrected chi connectivity index (χ4v) is 3.63. The maximum absolute atomic E-state index is 4.77. The highest BCUT2D eigenvalue weighted by atomic mass is 15.4. The fourth-order valence-electron chi connectivity index (χ4n) is 3.63. The number of aryl methyl sites for hydroxylation is 2. The molecule has 2 aromatic heterocycles. The van der Waals surface area contributed by atoms with Crippen molar-refractivity contribution in [1.29, 1.82) is 0 Å². The standard InChI is InChI=1S/C24H28N6/c1-16(2)23-27-28-24-21(25-14-19-8-6-5-7-9-19)13-22(29-30(23)24)26-15-20-11-17(3)10-18(4)12-20/h5-13,16,25H,14-15H2,1-4H3,(H,26,29). The van der Waals surface area contributed by atoms with E-state index in [1.807, 2.05) is 28.8 Å². The molecule has 2 N–H and O–H groups in total. The molecule has 0 aliphatic rings. The van der Waals surface area contributed by atoms with Gasteiger partial charge in [0.15, 0.2) is 5.82 Å². The summed E-state index contributed by atoms with van der Waals surface area (Å²) in [6.07, 6.45) is 0. The van der Waals surface area contributed by atoms with Gasteiger partial charge in [0, 0.05) is 25.1 Å². The molecule has 2 heterocycles. The fraction of sp³-hybridized carbons (Fsp3) is 0.292. The maximum Gasteiger partial charge on any atom is 0.201 e. The van der Waals surface area contributed by atoms with Gasteiger partial charge in [-0.15, -0.1) is 15.3 Å². The molecule has 6 heteroatoms. The Morgan fingerprint density at radius 2 is 1.53 bits per heavy atom. The first-order valence-electron chi connectivity index (χ1n) is 10.3. The molecule has 0 bridgehead atoms. The van der Waals surface area contributed by atoms with Crippen molar-refractivity contribution in [1.82, 2.24) is 19.8 Å².